The van der Waals surface area contributed by atoms with Gasteiger partial charge in [0.1, 0.15) is 0 Å². The summed E-state index contributed by atoms with van der Waals surface area (Å²) in [6.45, 7) is 4.87. The molecule has 0 aliphatic heterocycles. The SMILES string of the molecule is CCCC(CC(=O)N(C)S(=O)(=O)c1ccccc1)Nc1ccccc1NCc1csc2cccc(C)c12. The Bertz CT molecular complexity index is 1470. The molecule has 0 spiro atoms. The third-order valence-corrected chi connectivity index (χ3v) is 9.24. The first kappa shape index (κ1) is 26.7. The van der Waals surface area contributed by atoms with E-state index in [0.29, 0.717) is 6.54 Å². The van der Waals surface area contributed by atoms with Crippen LogP contribution in [0.5, 0.6) is 0 Å². The summed E-state index contributed by atoms with van der Waals surface area (Å²) in [4.78, 5) is 13.2. The van der Waals surface area contributed by atoms with E-state index in [4.69, 9.17) is 0 Å². The van der Waals surface area contributed by atoms with Crippen LogP contribution in [0.4, 0.5) is 11.4 Å². The first-order valence-electron chi connectivity index (χ1n) is 12.4. The van der Waals surface area contributed by atoms with Crippen molar-refractivity contribution in [2.45, 2.75) is 50.6 Å². The number of nitrogens with zero attached hydrogens (tertiary/aromatic N) is 1. The van der Waals surface area contributed by atoms with Crippen molar-refractivity contribution in [2.24, 2.45) is 0 Å². The van der Waals surface area contributed by atoms with Gasteiger partial charge in [0.2, 0.25) is 5.91 Å². The molecule has 0 aliphatic carbocycles. The Hall–Kier alpha value is -3.36. The number of nitrogens with one attached hydrogen (secondary N) is 2. The second-order valence-electron chi connectivity index (χ2n) is 9.12. The average Bonchev–Trinajstić information content (AvgIpc) is 3.32. The highest BCUT2D eigenvalue weighted by atomic mass is 32.2. The van der Waals surface area contributed by atoms with E-state index in [1.54, 1.807) is 29.5 Å². The van der Waals surface area contributed by atoms with E-state index in [-0.39, 0.29) is 17.4 Å². The second-order valence-corrected chi connectivity index (χ2v) is 12.0. The van der Waals surface area contributed by atoms with Crippen molar-refractivity contribution in [2.75, 3.05) is 17.7 Å². The van der Waals surface area contributed by atoms with Gasteiger partial charge in [0.15, 0.2) is 0 Å². The molecule has 1 amide bonds. The molecule has 1 aromatic heterocycles. The molecule has 37 heavy (non-hydrogen) atoms. The van der Waals surface area contributed by atoms with Gasteiger partial charge in [-0.05, 0) is 60.2 Å². The standard InChI is InChI=1S/C29H33N3O3S2/c1-4-11-23(18-28(33)32(3)37(34,35)24-13-6-5-7-14-24)31-26-16-9-8-15-25(26)30-19-22-20-36-27-17-10-12-21(2)29(22)27/h5-10,12-17,20,23,30-31H,4,11,18-19H2,1-3H3. The van der Waals surface area contributed by atoms with Crippen LogP contribution >= 0.6 is 11.3 Å². The summed E-state index contributed by atoms with van der Waals surface area (Å²) in [5.41, 5.74) is 4.34. The normalized spacial score (nSPS) is 12.3. The summed E-state index contributed by atoms with van der Waals surface area (Å²) in [5, 5.41) is 10.5. The molecule has 0 radical (unpaired) electrons. The highest BCUT2D eigenvalue weighted by molar-refractivity contribution is 7.89. The number of hydrogen-bond donors (Lipinski definition) is 2. The molecule has 3 aromatic carbocycles. The fraction of sp³-hybridized carbons (Fsp3) is 0.276. The van der Waals surface area contributed by atoms with E-state index in [0.717, 1.165) is 28.5 Å². The molecular formula is C29H33N3O3S2. The number of carbonyl (C=O) groups excluding carboxylic acids is 1. The molecule has 0 saturated carbocycles. The highest BCUT2D eigenvalue weighted by Crippen LogP contribution is 2.31. The minimum Gasteiger partial charge on any atom is -0.380 e. The topological polar surface area (TPSA) is 78.5 Å². The van der Waals surface area contributed by atoms with Crippen molar-refractivity contribution in [1.82, 2.24) is 4.31 Å². The number of hydrogen-bond acceptors (Lipinski definition) is 6. The third kappa shape index (κ3) is 6.14. The molecule has 4 aromatic rings. The van der Waals surface area contributed by atoms with Crippen LogP contribution in [0.2, 0.25) is 0 Å². The lowest BCUT2D eigenvalue weighted by molar-refractivity contribution is -0.125. The van der Waals surface area contributed by atoms with Crippen molar-refractivity contribution in [3.8, 4) is 0 Å². The minimum atomic E-state index is -3.89. The third-order valence-electron chi connectivity index (χ3n) is 6.45. The number of thiophene rings is 1. The van der Waals surface area contributed by atoms with Gasteiger partial charge >= 0.3 is 0 Å². The van der Waals surface area contributed by atoms with Gasteiger partial charge in [-0.1, -0.05) is 55.8 Å². The summed E-state index contributed by atoms with van der Waals surface area (Å²) in [5.74, 6) is -0.444. The minimum absolute atomic E-state index is 0.0686. The van der Waals surface area contributed by atoms with Crippen molar-refractivity contribution in [3.05, 3.63) is 89.3 Å². The lowest BCUT2D eigenvalue weighted by atomic mass is 10.1. The van der Waals surface area contributed by atoms with Gasteiger partial charge in [0.25, 0.3) is 10.0 Å². The number of para-hydroxylation sites is 2. The number of fused-ring (bicyclic) bond motifs is 1. The maximum absolute atomic E-state index is 13.1. The van der Waals surface area contributed by atoms with Crippen LogP contribution < -0.4 is 10.6 Å². The number of rotatable bonds is 11. The van der Waals surface area contributed by atoms with Crippen LogP contribution in [0, 0.1) is 6.92 Å². The summed E-state index contributed by atoms with van der Waals surface area (Å²) in [7, 11) is -2.56. The number of sulfonamides is 1. The van der Waals surface area contributed by atoms with Gasteiger partial charge < -0.3 is 10.6 Å². The molecule has 8 heteroatoms. The van der Waals surface area contributed by atoms with E-state index in [2.05, 4.69) is 48.1 Å². The lowest BCUT2D eigenvalue weighted by Gasteiger charge is -2.24. The van der Waals surface area contributed by atoms with Crippen LogP contribution in [-0.4, -0.2) is 31.7 Å². The van der Waals surface area contributed by atoms with Crippen molar-refractivity contribution < 1.29 is 13.2 Å². The van der Waals surface area contributed by atoms with Gasteiger partial charge in [-0.25, -0.2) is 12.7 Å². The predicted octanol–water partition coefficient (Wildman–Crippen LogP) is 6.64. The Morgan fingerprint density at radius 3 is 2.41 bits per heavy atom. The van der Waals surface area contributed by atoms with E-state index in [9.17, 15) is 13.2 Å². The van der Waals surface area contributed by atoms with Crippen molar-refractivity contribution in [3.63, 3.8) is 0 Å². The number of aryl methyl sites for hydroxylation is 1. The number of carbonyl (C=O) groups is 1. The lowest BCUT2D eigenvalue weighted by Crippen LogP contribution is -2.37. The Labute approximate surface area is 223 Å². The first-order chi connectivity index (χ1) is 17.8. The van der Waals surface area contributed by atoms with E-state index >= 15 is 0 Å². The zero-order chi connectivity index (χ0) is 26.4. The van der Waals surface area contributed by atoms with Gasteiger partial charge in [-0.15, -0.1) is 11.3 Å². The largest absolute Gasteiger partial charge is 0.380 e. The Morgan fingerprint density at radius 1 is 0.973 bits per heavy atom. The maximum Gasteiger partial charge on any atom is 0.266 e. The smallest absolute Gasteiger partial charge is 0.266 e. The van der Waals surface area contributed by atoms with E-state index < -0.39 is 15.9 Å². The molecule has 1 unspecified atom stereocenters. The van der Waals surface area contributed by atoms with Crippen LogP contribution in [-0.2, 0) is 21.4 Å². The van der Waals surface area contributed by atoms with Crippen LogP contribution in [0.25, 0.3) is 10.1 Å². The van der Waals surface area contributed by atoms with Gasteiger partial charge in [0, 0.05) is 36.1 Å². The van der Waals surface area contributed by atoms with Crippen molar-refractivity contribution in [1.29, 1.82) is 0 Å². The molecule has 1 heterocycles. The zero-order valence-electron chi connectivity index (χ0n) is 21.4. The maximum atomic E-state index is 13.1. The van der Waals surface area contributed by atoms with Crippen LogP contribution in [0.15, 0.2) is 83.1 Å². The van der Waals surface area contributed by atoms with Crippen LogP contribution in [0.1, 0.15) is 37.3 Å². The summed E-state index contributed by atoms with van der Waals surface area (Å²) < 4.78 is 28.0. The summed E-state index contributed by atoms with van der Waals surface area (Å²) in [6.07, 6.45) is 1.66. The van der Waals surface area contributed by atoms with Crippen LogP contribution in [0.3, 0.4) is 0 Å². The molecule has 1 atom stereocenters. The first-order valence-corrected chi connectivity index (χ1v) is 14.7. The van der Waals surface area contributed by atoms with Gasteiger partial charge in [-0.2, -0.15) is 0 Å². The molecule has 0 bridgehead atoms. The Kier molecular flexibility index (Phi) is 8.51. The Balaban J connectivity index is 1.47. The molecular weight excluding hydrogens is 502 g/mol. The van der Waals surface area contributed by atoms with Gasteiger partial charge in [0.05, 0.1) is 16.3 Å². The molecule has 0 aliphatic rings. The number of benzene rings is 3. The van der Waals surface area contributed by atoms with Gasteiger partial charge in [-0.3, -0.25) is 4.79 Å². The molecule has 0 saturated heterocycles. The quantitative estimate of drug-likeness (QED) is 0.225. The number of amides is 1. The second kappa shape index (κ2) is 11.8. The number of anilines is 2. The van der Waals surface area contributed by atoms with Crippen molar-refractivity contribution >= 4 is 48.7 Å². The zero-order valence-corrected chi connectivity index (χ0v) is 23.0. The molecule has 194 valence electrons. The monoisotopic (exact) mass is 535 g/mol. The van der Waals surface area contributed by atoms with E-state index in [1.807, 2.05) is 24.3 Å². The molecule has 4 rings (SSSR count). The highest BCUT2D eigenvalue weighted by Gasteiger charge is 2.27. The summed E-state index contributed by atoms with van der Waals surface area (Å²) in [6, 6.07) is 22.1. The fourth-order valence-electron chi connectivity index (χ4n) is 4.45. The summed E-state index contributed by atoms with van der Waals surface area (Å²) >= 11 is 1.75. The Morgan fingerprint density at radius 2 is 1.68 bits per heavy atom. The fourth-order valence-corrected chi connectivity index (χ4v) is 6.64. The average molecular weight is 536 g/mol. The molecule has 6 nitrogen and oxygen atoms in total. The van der Waals surface area contributed by atoms with E-state index in [1.165, 1.54) is 40.4 Å². The molecule has 0 fully saturated rings. The molecule has 2 N–H and O–H groups in total. The predicted molar refractivity (Wildman–Crippen MR) is 154 cm³/mol.